The number of morpholine rings is 1. The fourth-order valence-electron chi connectivity index (χ4n) is 4.87. The van der Waals surface area contributed by atoms with Gasteiger partial charge in [0.25, 0.3) is 5.56 Å². The van der Waals surface area contributed by atoms with Gasteiger partial charge in [0.15, 0.2) is 0 Å². The molecule has 37 heavy (non-hydrogen) atoms. The van der Waals surface area contributed by atoms with Crippen LogP contribution in [0.2, 0.25) is 5.02 Å². The van der Waals surface area contributed by atoms with E-state index in [4.69, 9.17) is 16.3 Å². The summed E-state index contributed by atoms with van der Waals surface area (Å²) in [5.74, 6) is 0. The minimum Gasteiger partial charge on any atom is -0.375 e. The number of aryl methyl sites for hydroxylation is 1. The molecule has 3 aromatic heterocycles. The first-order chi connectivity index (χ1) is 17.7. The summed E-state index contributed by atoms with van der Waals surface area (Å²) in [6.45, 7) is 9.55. The van der Waals surface area contributed by atoms with Crippen LogP contribution in [-0.2, 0) is 17.7 Å². The zero-order valence-corrected chi connectivity index (χ0v) is 22.2. The Morgan fingerprint density at radius 2 is 2.05 bits per heavy atom. The average molecular weight is 523 g/mol. The lowest BCUT2D eigenvalue weighted by molar-refractivity contribution is 0.00880. The third-order valence-electron chi connectivity index (χ3n) is 6.86. The molecule has 5 rings (SSSR count). The number of nitrogens with zero attached hydrogens (tertiary/aromatic N) is 5. The second-order valence-electron chi connectivity index (χ2n) is 10.0. The van der Waals surface area contributed by atoms with Gasteiger partial charge in [0.2, 0.25) is 0 Å². The molecule has 0 spiro atoms. The van der Waals surface area contributed by atoms with Crippen LogP contribution in [0.25, 0.3) is 16.8 Å². The molecule has 1 saturated heterocycles. The third kappa shape index (κ3) is 5.12. The molecule has 0 saturated carbocycles. The van der Waals surface area contributed by atoms with Gasteiger partial charge in [0.05, 0.1) is 30.5 Å². The van der Waals surface area contributed by atoms with Crippen molar-refractivity contribution in [3.63, 3.8) is 0 Å². The summed E-state index contributed by atoms with van der Waals surface area (Å²) in [6, 6.07) is 7.52. The summed E-state index contributed by atoms with van der Waals surface area (Å²) >= 11 is 6.50. The fraction of sp³-hybridized carbons (Fsp3) is 0.407. The molecule has 1 unspecified atom stereocenters. The number of hydrogen-bond donors (Lipinski definition) is 1. The number of fused-ring (bicyclic) bond motifs is 1. The van der Waals surface area contributed by atoms with E-state index < -0.39 is 0 Å². The SMILES string of the molecule is Cc1cc(Cl)cc(-c2ncnn3cc(Cn4c(=O)ccn(C(C)C)c4=O)cc23)c1CC1CN[C@@H](C)CO1. The van der Waals surface area contributed by atoms with Crippen LogP contribution >= 0.6 is 11.6 Å². The number of hydrogen-bond acceptors (Lipinski definition) is 6. The number of rotatable bonds is 6. The molecule has 1 aliphatic heterocycles. The first kappa shape index (κ1) is 25.4. The van der Waals surface area contributed by atoms with Gasteiger partial charge in [-0.05, 0) is 62.6 Å². The lowest BCUT2D eigenvalue weighted by Gasteiger charge is -2.29. The quantitative estimate of drug-likeness (QED) is 0.418. The van der Waals surface area contributed by atoms with Crippen molar-refractivity contribution < 1.29 is 4.74 Å². The summed E-state index contributed by atoms with van der Waals surface area (Å²) in [7, 11) is 0. The van der Waals surface area contributed by atoms with Crippen molar-refractivity contribution >= 4 is 17.1 Å². The predicted molar refractivity (Wildman–Crippen MR) is 144 cm³/mol. The van der Waals surface area contributed by atoms with Crippen molar-refractivity contribution in [2.24, 2.45) is 0 Å². The van der Waals surface area contributed by atoms with E-state index in [1.807, 2.05) is 45.2 Å². The highest BCUT2D eigenvalue weighted by molar-refractivity contribution is 6.31. The number of halogens is 1. The number of benzene rings is 1. The van der Waals surface area contributed by atoms with Crippen LogP contribution in [0.3, 0.4) is 0 Å². The Kier molecular flexibility index (Phi) is 7.02. The average Bonchev–Trinajstić information content (AvgIpc) is 3.27. The maximum Gasteiger partial charge on any atom is 0.331 e. The first-order valence-electron chi connectivity index (χ1n) is 12.5. The molecule has 10 heteroatoms. The maximum absolute atomic E-state index is 12.9. The molecule has 4 aromatic rings. The normalized spacial score (nSPS) is 18.1. The van der Waals surface area contributed by atoms with E-state index in [0.717, 1.165) is 46.4 Å². The van der Waals surface area contributed by atoms with Crippen LogP contribution in [0, 0.1) is 6.92 Å². The molecule has 0 radical (unpaired) electrons. The summed E-state index contributed by atoms with van der Waals surface area (Å²) in [5.41, 5.74) is 4.70. The predicted octanol–water partition coefficient (Wildman–Crippen LogP) is 3.23. The van der Waals surface area contributed by atoms with Gasteiger partial charge in [0.1, 0.15) is 6.33 Å². The van der Waals surface area contributed by atoms with Gasteiger partial charge in [-0.15, -0.1) is 0 Å². The molecule has 0 amide bonds. The second kappa shape index (κ2) is 10.2. The zero-order valence-electron chi connectivity index (χ0n) is 21.4. The van der Waals surface area contributed by atoms with Crippen LogP contribution < -0.4 is 16.6 Å². The van der Waals surface area contributed by atoms with Gasteiger partial charge in [-0.3, -0.25) is 13.9 Å². The molecule has 2 atom stereocenters. The van der Waals surface area contributed by atoms with E-state index in [-0.39, 0.29) is 29.9 Å². The van der Waals surface area contributed by atoms with Gasteiger partial charge >= 0.3 is 5.69 Å². The second-order valence-corrected chi connectivity index (χ2v) is 10.5. The molecular formula is C27H31ClN6O3. The highest BCUT2D eigenvalue weighted by Crippen LogP contribution is 2.33. The van der Waals surface area contributed by atoms with Crippen molar-refractivity contribution in [3.05, 3.63) is 85.5 Å². The van der Waals surface area contributed by atoms with Crippen molar-refractivity contribution in [2.45, 2.75) is 58.8 Å². The van der Waals surface area contributed by atoms with E-state index in [0.29, 0.717) is 17.7 Å². The van der Waals surface area contributed by atoms with Crippen LogP contribution in [0.4, 0.5) is 0 Å². The Bertz CT molecular complexity index is 1560. The highest BCUT2D eigenvalue weighted by Gasteiger charge is 2.23. The molecular weight excluding hydrogens is 492 g/mol. The summed E-state index contributed by atoms with van der Waals surface area (Å²) < 4.78 is 10.6. The van der Waals surface area contributed by atoms with Crippen molar-refractivity contribution in [1.29, 1.82) is 0 Å². The molecule has 4 heterocycles. The number of nitrogens with one attached hydrogen (secondary N) is 1. The molecule has 9 nitrogen and oxygen atoms in total. The van der Waals surface area contributed by atoms with E-state index in [1.165, 1.54) is 17.0 Å². The van der Waals surface area contributed by atoms with Crippen molar-refractivity contribution in [2.75, 3.05) is 13.2 Å². The van der Waals surface area contributed by atoms with E-state index >= 15 is 0 Å². The molecule has 0 aliphatic carbocycles. The third-order valence-corrected chi connectivity index (χ3v) is 7.07. The van der Waals surface area contributed by atoms with E-state index in [1.54, 1.807) is 15.3 Å². The van der Waals surface area contributed by atoms with Crippen LogP contribution in [0.15, 0.2) is 52.6 Å². The standard InChI is InChI=1S/C27H31ClN6O3/c1-16(2)32-6-5-25(35)33(27(32)36)12-19-8-24-26(30-15-31-34(24)13-19)23-9-20(28)7-17(3)22(23)10-21-11-29-18(4)14-37-21/h5-9,13,15-16,18,21,29H,10-12,14H2,1-4H3/t18-,21?/m0/s1. The Labute approximate surface area is 219 Å². The Hall–Kier alpha value is -3.27. The summed E-state index contributed by atoms with van der Waals surface area (Å²) in [6.07, 6.45) is 5.64. The Balaban J connectivity index is 1.56. The maximum atomic E-state index is 12.9. The van der Waals surface area contributed by atoms with Gasteiger partial charge in [-0.25, -0.2) is 14.3 Å². The summed E-state index contributed by atoms with van der Waals surface area (Å²) in [4.78, 5) is 30.1. The van der Waals surface area contributed by atoms with Gasteiger partial charge in [-0.1, -0.05) is 11.6 Å². The Morgan fingerprint density at radius 1 is 1.24 bits per heavy atom. The molecule has 1 aromatic carbocycles. The topological polar surface area (TPSA) is 95.5 Å². The summed E-state index contributed by atoms with van der Waals surface area (Å²) in [5, 5.41) is 8.49. The molecule has 194 valence electrons. The lowest BCUT2D eigenvalue weighted by Crippen LogP contribution is -2.45. The van der Waals surface area contributed by atoms with Crippen molar-refractivity contribution in [1.82, 2.24) is 29.0 Å². The lowest BCUT2D eigenvalue weighted by atomic mass is 9.93. The van der Waals surface area contributed by atoms with Gasteiger partial charge in [0, 0.05) is 54.1 Å². The molecule has 1 aliphatic rings. The van der Waals surface area contributed by atoms with Crippen LogP contribution in [0.5, 0.6) is 0 Å². The van der Waals surface area contributed by atoms with E-state index in [2.05, 4.69) is 22.3 Å². The van der Waals surface area contributed by atoms with Crippen LogP contribution in [0.1, 0.15) is 43.5 Å². The zero-order chi connectivity index (χ0) is 26.3. The van der Waals surface area contributed by atoms with E-state index in [9.17, 15) is 9.59 Å². The van der Waals surface area contributed by atoms with Crippen molar-refractivity contribution in [3.8, 4) is 11.3 Å². The first-order valence-corrected chi connectivity index (χ1v) is 12.9. The molecule has 1 N–H and O–H groups in total. The minimum atomic E-state index is -0.341. The monoisotopic (exact) mass is 522 g/mol. The smallest absolute Gasteiger partial charge is 0.331 e. The van der Waals surface area contributed by atoms with Gasteiger partial charge in [-0.2, -0.15) is 5.10 Å². The highest BCUT2D eigenvalue weighted by atomic mass is 35.5. The molecule has 0 bridgehead atoms. The van der Waals surface area contributed by atoms with Gasteiger partial charge < -0.3 is 10.1 Å². The number of ether oxygens (including phenoxy) is 1. The van der Waals surface area contributed by atoms with Crippen LogP contribution in [-0.4, -0.2) is 49.0 Å². The Morgan fingerprint density at radius 3 is 2.78 bits per heavy atom. The fourth-order valence-corrected chi connectivity index (χ4v) is 5.15. The molecule has 1 fully saturated rings. The largest absolute Gasteiger partial charge is 0.375 e. The number of aromatic nitrogens is 5. The minimum absolute atomic E-state index is 0.0445.